The summed E-state index contributed by atoms with van der Waals surface area (Å²) < 4.78 is 14.5. The van der Waals surface area contributed by atoms with Crippen molar-refractivity contribution in [1.29, 1.82) is 0 Å². The summed E-state index contributed by atoms with van der Waals surface area (Å²) in [6.07, 6.45) is 1.55. The Morgan fingerprint density at radius 2 is 1.96 bits per heavy atom. The van der Waals surface area contributed by atoms with E-state index in [9.17, 15) is 9.18 Å². The van der Waals surface area contributed by atoms with Crippen molar-refractivity contribution in [3.63, 3.8) is 0 Å². The van der Waals surface area contributed by atoms with Crippen LogP contribution in [0.1, 0.15) is 5.69 Å². The molecule has 4 rings (SSSR count). The third-order valence-electron chi connectivity index (χ3n) is 3.43. The minimum atomic E-state index is -0.271. The van der Waals surface area contributed by atoms with E-state index in [1.54, 1.807) is 29.1 Å². The quantitative estimate of drug-likeness (QED) is 0.569. The lowest BCUT2D eigenvalue weighted by molar-refractivity contribution is 0.628. The minimum Gasteiger partial charge on any atom is -0.293 e. The number of thiophene rings is 1. The maximum atomic E-state index is 13.0. The highest BCUT2D eigenvalue weighted by molar-refractivity contribution is 7.16. The molecule has 0 bridgehead atoms. The molecular formula is C16H10FN3OS2. The Morgan fingerprint density at radius 3 is 2.78 bits per heavy atom. The van der Waals surface area contributed by atoms with Gasteiger partial charge in [0.1, 0.15) is 15.7 Å². The molecule has 1 aromatic carbocycles. The normalized spacial score (nSPS) is 11.2. The average molecular weight is 343 g/mol. The van der Waals surface area contributed by atoms with E-state index in [-0.39, 0.29) is 11.4 Å². The molecule has 7 heteroatoms. The predicted molar refractivity (Wildman–Crippen MR) is 90.5 cm³/mol. The summed E-state index contributed by atoms with van der Waals surface area (Å²) in [4.78, 5) is 21.9. The van der Waals surface area contributed by atoms with Gasteiger partial charge in [0.05, 0.1) is 24.0 Å². The van der Waals surface area contributed by atoms with Gasteiger partial charge in [0, 0.05) is 10.9 Å². The Labute approximate surface area is 138 Å². The zero-order chi connectivity index (χ0) is 15.8. The number of aromatic nitrogens is 3. The molecule has 4 nitrogen and oxygen atoms in total. The highest BCUT2D eigenvalue weighted by Gasteiger charge is 2.09. The van der Waals surface area contributed by atoms with Gasteiger partial charge in [-0.2, -0.15) is 0 Å². The molecule has 0 saturated heterocycles. The first kappa shape index (κ1) is 14.2. The fourth-order valence-electron chi connectivity index (χ4n) is 2.29. The molecule has 3 heterocycles. The van der Waals surface area contributed by atoms with E-state index in [0.717, 1.165) is 21.1 Å². The van der Waals surface area contributed by atoms with Crippen molar-refractivity contribution in [3.8, 4) is 10.6 Å². The van der Waals surface area contributed by atoms with Crippen molar-refractivity contribution in [3.05, 3.63) is 69.3 Å². The van der Waals surface area contributed by atoms with E-state index >= 15 is 0 Å². The van der Waals surface area contributed by atoms with Gasteiger partial charge < -0.3 is 0 Å². The number of nitrogens with zero attached hydrogens (tertiary/aromatic N) is 3. The van der Waals surface area contributed by atoms with Gasteiger partial charge in [-0.1, -0.05) is 0 Å². The van der Waals surface area contributed by atoms with Crippen LogP contribution in [0.3, 0.4) is 0 Å². The van der Waals surface area contributed by atoms with Crippen LogP contribution in [0.2, 0.25) is 0 Å². The molecular weight excluding hydrogens is 333 g/mol. The second-order valence-electron chi connectivity index (χ2n) is 4.97. The van der Waals surface area contributed by atoms with Gasteiger partial charge in [-0.3, -0.25) is 9.36 Å². The van der Waals surface area contributed by atoms with E-state index in [1.165, 1.54) is 34.8 Å². The summed E-state index contributed by atoms with van der Waals surface area (Å²) in [5.74, 6) is -0.271. The van der Waals surface area contributed by atoms with Crippen LogP contribution in [-0.2, 0) is 6.54 Å². The summed E-state index contributed by atoms with van der Waals surface area (Å²) in [6, 6.07) is 8.01. The van der Waals surface area contributed by atoms with E-state index in [4.69, 9.17) is 0 Å². The van der Waals surface area contributed by atoms with Gasteiger partial charge in [0.25, 0.3) is 5.56 Å². The molecule has 0 aliphatic rings. The zero-order valence-electron chi connectivity index (χ0n) is 11.8. The van der Waals surface area contributed by atoms with Crippen molar-refractivity contribution >= 4 is 32.9 Å². The first-order chi connectivity index (χ1) is 11.2. The van der Waals surface area contributed by atoms with Crippen LogP contribution in [0.5, 0.6) is 0 Å². The molecule has 114 valence electrons. The van der Waals surface area contributed by atoms with Crippen LogP contribution >= 0.6 is 22.7 Å². The Hall–Kier alpha value is -2.38. The number of hydrogen-bond donors (Lipinski definition) is 0. The summed E-state index contributed by atoms with van der Waals surface area (Å²) >= 11 is 2.92. The van der Waals surface area contributed by atoms with Gasteiger partial charge >= 0.3 is 0 Å². The van der Waals surface area contributed by atoms with Crippen molar-refractivity contribution in [2.75, 3.05) is 0 Å². The maximum Gasteiger partial charge on any atom is 0.262 e. The van der Waals surface area contributed by atoms with E-state index in [1.807, 2.05) is 10.8 Å². The zero-order valence-corrected chi connectivity index (χ0v) is 13.4. The van der Waals surface area contributed by atoms with E-state index in [0.29, 0.717) is 11.9 Å². The number of hydrogen-bond acceptors (Lipinski definition) is 5. The average Bonchev–Trinajstić information content (AvgIpc) is 3.20. The van der Waals surface area contributed by atoms with Crippen LogP contribution in [-0.4, -0.2) is 14.5 Å². The molecule has 0 aliphatic heterocycles. The lowest BCUT2D eigenvalue weighted by atomic mass is 10.2. The fraction of sp³-hybridized carbons (Fsp3) is 0.0625. The van der Waals surface area contributed by atoms with Crippen LogP contribution < -0.4 is 5.56 Å². The minimum absolute atomic E-state index is 0.0624. The second kappa shape index (κ2) is 5.68. The summed E-state index contributed by atoms with van der Waals surface area (Å²) in [5.41, 5.74) is 1.58. The molecule has 0 amide bonds. The molecule has 0 radical (unpaired) electrons. The SMILES string of the molecule is O=c1c2ccsc2ncn1Cc1csc(-c2ccc(F)cc2)n1. The molecule has 3 aromatic heterocycles. The predicted octanol–water partition coefficient (Wildman–Crippen LogP) is 3.77. The maximum absolute atomic E-state index is 13.0. The molecule has 0 spiro atoms. The monoisotopic (exact) mass is 343 g/mol. The largest absolute Gasteiger partial charge is 0.293 e. The molecule has 0 atom stereocenters. The fourth-order valence-corrected chi connectivity index (χ4v) is 3.83. The van der Waals surface area contributed by atoms with Gasteiger partial charge in [0.2, 0.25) is 0 Å². The summed E-state index contributed by atoms with van der Waals surface area (Å²) in [5, 5.41) is 5.20. The Bertz CT molecular complexity index is 1030. The summed E-state index contributed by atoms with van der Waals surface area (Å²) in [7, 11) is 0. The van der Waals surface area contributed by atoms with Crippen LogP contribution in [0.4, 0.5) is 4.39 Å². The molecule has 23 heavy (non-hydrogen) atoms. The number of benzene rings is 1. The lowest BCUT2D eigenvalue weighted by Gasteiger charge is -2.02. The van der Waals surface area contributed by atoms with Crippen molar-refractivity contribution < 1.29 is 4.39 Å². The van der Waals surface area contributed by atoms with Crippen LogP contribution in [0.25, 0.3) is 20.8 Å². The Kier molecular flexibility index (Phi) is 3.51. The van der Waals surface area contributed by atoms with Crippen LogP contribution in [0.15, 0.2) is 52.2 Å². The first-order valence-electron chi connectivity index (χ1n) is 6.84. The number of rotatable bonds is 3. The lowest BCUT2D eigenvalue weighted by Crippen LogP contribution is -2.20. The molecule has 0 aliphatic carbocycles. The van der Waals surface area contributed by atoms with Crippen LogP contribution in [0, 0.1) is 5.82 Å². The molecule has 0 N–H and O–H groups in total. The van der Waals surface area contributed by atoms with E-state index < -0.39 is 0 Å². The Morgan fingerprint density at radius 1 is 1.13 bits per heavy atom. The third kappa shape index (κ3) is 2.69. The third-order valence-corrected chi connectivity index (χ3v) is 5.19. The van der Waals surface area contributed by atoms with Gasteiger partial charge in [-0.05, 0) is 35.7 Å². The number of fused-ring (bicyclic) bond motifs is 1. The molecule has 0 unspecified atom stereocenters. The molecule has 4 aromatic rings. The highest BCUT2D eigenvalue weighted by Crippen LogP contribution is 2.24. The van der Waals surface area contributed by atoms with Gasteiger partial charge in [-0.25, -0.2) is 14.4 Å². The smallest absolute Gasteiger partial charge is 0.262 e. The molecule has 0 saturated carbocycles. The molecule has 0 fully saturated rings. The van der Waals surface area contributed by atoms with Gasteiger partial charge in [0.15, 0.2) is 0 Å². The summed E-state index contributed by atoms with van der Waals surface area (Å²) in [6.45, 7) is 0.370. The standard InChI is InChI=1S/C16H10FN3OS2/c17-11-3-1-10(2-4-11)14-19-12(8-23-14)7-20-9-18-15-13(16(20)21)5-6-22-15/h1-6,8-9H,7H2. The highest BCUT2D eigenvalue weighted by atomic mass is 32.1. The van der Waals surface area contributed by atoms with Crippen molar-refractivity contribution in [1.82, 2.24) is 14.5 Å². The number of halogens is 1. The first-order valence-corrected chi connectivity index (χ1v) is 8.59. The Balaban J connectivity index is 1.65. The van der Waals surface area contributed by atoms with Gasteiger partial charge in [-0.15, -0.1) is 22.7 Å². The van der Waals surface area contributed by atoms with Crippen molar-refractivity contribution in [2.45, 2.75) is 6.54 Å². The topological polar surface area (TPSA) is 47.8 Å². The van der Waals surface area contributed by atoms with E-state index in [2.05, 4.69) is 9.97 Å². The second-order valence-corrected chi connectivity index (χ2v) is 6.72. The van der Waals surface area contributed by atoms with Crippen molar-refractivity contribution in [2.24, 2.45) is 0 Å². The number of thiazole rings is 1.